The minimum atomic E-state index is 0. The summed E-state index contributed by atoms with van der Waals surface area (Å²) in [6.45, 7) is 8.37. The molecule has 0 atom stereocenters. The highest BCUT2D eigenvalue weighted by Crippen LogP contribution is 2.23. The van der Waals surface area contributed by atoms with Crippen molar-refractivity contribution in [3.8, 4) is 0 Å². The second-order valence-corrected chi connectivity index (χ2v) is 7.48. The Balaban J connectivity index is 0.00000261. The molecular weight excluding hydrogens is 453 g/mol. The molecule has 3 rings (SSSR count). The molecular formula is C19H34IN7. The zero-order valence-electron chi connectivity index (χ0n) is 16.6. The third-order valence-corrected chi connectivity index (χ3v) is 5.51. The van der Waals surface area contributed by atoms with Gasteiger partial charge < -0.3 is 15.5 Å². The lowest BCUT2D eigenvalue weighted by Crippen LogP contribution is -2.50. The average molecular weight is 487 g/mol. The lowest BCUT2D eigenvalue weighted by atomic mass is 9.87. The maximum absolute atomic E-state index is 4.39. The molecule has 27 heavy (non-hydrogen) atoms. The Bertz CT molecular complexity index is 552. The second-order valence-electron chi connectivity index (χ2n) is 7.48. The van der Waals surface area contributed by atoms with Gasteiger partial charge in [0.2, 0.25) is 5.95 Å². The molecule has 2 N–H and O–H groups in total. The Hall–Kier alpha value is -1.16. The van der Waals surface area contributed by atoms with E-state index in [0.717, 1.165) is 57.1 Å². The summed E-state index contributed by atoms with van der Waals surface area (Å²) in [6.07, 6.45) is 8.78. The summed E-state index contributed by atoms with van der Waals surface area (Å²) < 4.78 is 0. The van der Waals surface area contributed by atoms with E-state index in [4.69, 9.17) is 0 Å². The highest BCUT2D eigenvalue weighted by atomic mass is 127. The number of piperazine rings is 1. The van der Waals surface area contributed by atoms with Crippen LogP contribution >= 0.6 is 24.0 Å². The summed E-state index contributed by atoms with van der Waals surface area (Å²) in [5.74, 6) is 2.67. The summed E-state index contributed by atoms with van der Waals surface area (Å²) >= 11 is 0. The highest BCUT2D eigenvalue weighted by Gasteiger charge is 2.20. The van der Waals surface area contributed by atoms with Crippen LogP contribution in [0.25, 0.3) is 0 Å². The van der Waals surface area contributed by atoms with E-state index in [2.05, 4.69) is 42.3 Å². The number of hydrogen-bond acceptors (Lipinski definition) is 5. The summed E-state index contributed by atoms with van der Waals surface area (Å²) in [5, 5.41) is 7.07. The molecule has 0 spiro atoms. The van der Waals surface area contributed by atoms with E-state index in [1.165, 1.54) is 25.7 Å². The Kier molecular flexibility index (Phi) is 9.53. The van der Waals surface area contributed by atoms with E-state index in [1.54, 1.807) is 0 Å². The van der Waals surface area contributed by atoms with E-state index in [-0.39, 0.29) is 24.0 Å². The molecule has 0 bridgehead atoms. The number of guanidine groups is 1. The predicted octanol–water partition coefficient (Wildman–Crippen LogP) is 1.96. The van der Waals surface area contributed by atoms with Crippen LogP contribution in [0.15, 0.2) is 23.5 Å². The van der Waals surface area contributed by atoms with Gasteiger partial charge in [-0.15, -0.1) is 24.0 Å². The van der Waals surface area contributed by atoms with E-state index in [9.17, 15) is 0 Å². The summed E-state index contributed by atoms with van der Waals surface area (Å²) in [4.78, 5) is 17.8. The van der Waals surface area contributed by atoms with Gasteiger partial charge in [0.1, 0.15) is 0 Å². The molecule has 7 nitrogen and oxygen atoms in total. The molecule has 1 saturated heterocycles. The number of nitrogens with one attached hydrogen (secondary N) is 2. The summed E-state index contributed by atoms with van der Waals surface area (Å²) in [5.41, 5.74) is 0. The minimum absolute atomic E-state index is 0. The van der Waals surface area contributed by atoms with Crippen LogP contribution in [0.4, 0.5) is 5.95 Å². The molecule has 2 aliphatic rings. The maximum atomic E-state index is 4.39. The number of halogens is 1. The number of nitrogens with zero attached hydrogens (tertiary/aromatic N) is 5. The normalized spacial score (nSPS) is 24.2. The smallest absolute Gasteiger partial charge is 0.225 e. The molecule has 0 unspecified atom stereocenters. The van der Waals surface area contributed by atoms with Crippen molar-refractivity contribution >= 4 is 35.9 Å². The molecule has 0 aromatic carbocycles. The molecule has 2 heterocycles. The molecule has 1 aliphatic carbocycles. The van der Waals surface area contributed by atoms with Crippen molar-refractivity contribution in [2.24, 2.45) is 10.9 Å². The number of hydrogen-bond donors (Lipinski definition) is 2. The average Bonchev–Trinajstić information content (AvgIpc) is 2.70. The van der Waals surface area contributed by atoms with Crippen molar-refractivity contribution in [1.29, 1.82) is 0 Å². The van der Waals surface area contributed by atoms with Crippen molar-refractivity contribution in [3.63, 3.8) is 0 Å². The zero-order chi connectivity index (χ0) is 18.2. The molecule has 1 aliphatic heterocycles. The van der Waals surface area contributed by atoms with E-state index < -0.39 is 0 Å². The minimum Gasteiger partial charge on any atom is -0.355 e. The quantitative estimate of drug-likeness (QED) is 0.376. The lowest BCUT2D eigenvalue weighted by molar-refractivity contribution is 0.260. The van der Waals surface area contributed by atoms with Crippen LogP contribution in [0.2, 0.25) is 0 Å². The van der Waals surface area contributed by atoms with Gasteiger partial charge in [0.05, 0.1) is 0 Å². The first kappa shape index (κ1) is 22.1. The molecule has 1 aromatic rings. The van der Waals surface area contributed by atoms with Gasteiger partial charge >= 0.3 is 0 Å². The number of rotatable bonds is 5. The van der Waals surface area contributed by atoms with Gasteiger partial charge in [-0.05, 0) is 37.7 Å². The number of aliphatic imine (C=N–C) groups is 1. The second kappa shape index (κ2) is 11.6. The molecule has 152 valence electrons. The summed E-state index contributed by atoms with van der Waals surface area (Å²) in [6, 6.07) is 2.44. The standard InChI is InChI=1S/C19H33N7.HI/c1-16-4-6-17(7-5-16)24-18(20-2)21-10-11-25-12-14-26(15-13-25)19-22-8-3-9-23-19;/h3,8-9,16-17H,4-7,10-15H2,1-2H3,(H2,20,21,24);1H. The van der Waals surface area contributed by atoms with E-state index >= 15 is 0 Å². The summed E-state index contributed by atoms with van der Waals surface area (Å²) in [7, 11) is 1.86. The number of anilines is 1. The van der Waals surface area contributed by atoms with Crippen molar-refractivity contribution in [2.75, 3.05) is 51.2 Å². The van der Waals surface area contributed by atoms with Gasteiger partial charge in [0.25, 0.3) is 0 Å². The zero-order valence-corrected chi connectivity index (χ0v) is 18.9. The van der Waals surface area contributed by atoms with Crippen LogP contribution < -0.4 is 15.5 Å². The van der Waals surface area contributed by atoms with Gasteiger partial charge in [-0.2, -0.15) is 0 Å². The lowest BCUT2D eigenvalue weighted by Gasteiger charge is -2.34. The Morgan fingerprint density at radius 2 is 1.78 bits per heavy atom. The van der Waals surface area contributed by atoms with E-state index in [1.807, 2.05) is 25.5 Å². The number of aromatic nitrogens is 2. The first-order chi connectivity index (χ1) is 12.7. The Labute approximate surface area is 180 Å². The van der Waals surface area contributed by atoms with Crippen LogP contribution in [-0.2, 0) is 0 Å². The molecule has 8 heteroatoms. The first-order valence-corrected chi connectivity index (χ1v) is 9.96. The van der Waals surface area contributed by atoms with Crippen LogP contribution in [-0.4, -0.2) is 73.2 Å². The van der Waals surface area contributed by atoms with Gasteiger partial charge in [-0.3, -0.25) is 9.89 Å². The Morgan fingerprint density at radius 1 is 1.11 bits per heavy atom. The first-order valence-electron chi connectivity index (χ1n) is 9.96. The molecule has 2 fully saturated rings. The molecule has 1 aromatic heterocycles. The van der Waals surface area contributed by atoms with Gasteiger partial charge in [-0.25, -0.2) is 9.97 Å². The van der Waals surface area contributed by atoms with Crippen molar-refractivity contribution in [2.45, 2.75) is 38.6 Å². The fourth-order valence-electron chi connectivity index (χ4n) is 3.75. The van der Waals surface area contributed by atoms with E-state index in [0.29, 0.717) is 6.04 Å². The maximum Gasteiger partial charge on any atom is 0.225 e. The Morgan fingerprint density at radius 3 is 2.41 bits per heavy atom. The van der Waals surface area contributed by atoms with Crippen molar-refractivity contribution < 1.29 is 0 Å². The topological polar surface area (TPSA) is 68.7 Å². The third kappa shape index (κ3) is 7.06. The van der Waals surface area contributed by atoms with Crippen LogP contribution in [0, 0.1) is 5.92 Å². The van der Waals surface area contributed by atoms with Crippen LogP contribution in [0.3, 0.4) is 0 Å². The largest absolute Gasteiger partial charge is 0.355 e. The third-order valence-electron chi connectivity index (χ3n) is 5.51. The fraction of sp³-hybridized carbons (Fsp3) is 0.737. The van der Waals surface area contributed by atoms with Crippen molar-refractivity contribution in [3.05, 3.63) is 18.5 Å². The van der Waals surface area contributed by atoms with Crippen LogP contribution in [0.5, 0.6) is 0 Å². The SMILES string of the molecule is CN=C(NCCN1CCN(c2ncccn2)CC1)NC1CCC(C)CC1.I. The monoisotopic (exact) mass is 487 g/mol. The van der Waals surface area contributed by atoms with Gasteiger partial charge in [0.15, 0.2) is 5.96 Å². The van der Waals surface area contributed by atoms with Crippen LogP contribution in [0.1, 0.15) is 32.6 Å². The molecule has 0 amide bonds. The van der Waals surface area contributed by atoms with Gasteiger partial charge in [-0.1, -0.05) is 6.92 Å². The predicted molar refractivity (Wildman–Crippen MR) is 122 cm³/mol. The van der Waals surface area contributed by atoms with Crippen molar-refractivity contribution in [1.82, 2.24) is 25.5 Å². The fourth-order valence-corrected chi connectivity index (χ4v) is 3.75. The molecule has 0 radical (unpaired) electrons. The highest BCUT2D eigenvalue weighted by molar-refractivity contribution is 14.0. The van der Waals surface area contributed by atoms with Gasteiger partial charge in [0, 0.05) is 64.8 Å². The molecule has 1 saturated carbocycles.